The number of methoxy groups -OCH3 is 1. The summed E-state index contributed by atoms with van der Waals surface area (Å²) in [4.78, 5) is 12.5. The molecule has 0 bridgehead atoms. The number of ether oxygens (including phenoxy) is 1. The number of carbonyl (C=O) groups is 1. The smallest absolute Gasteiger partial charge is 0.271 e. The lowest BCUT2D eigenvalue weighted by Crippen LogP contribution is -2.17. The molecule has 3 aromatic carbocycles. The molecule has 0 saturated carbocycles. The first-order chi connectivity index (χ1) is 16.0. The van der Waals surface area contributed by atoms with Gasteiger partial charge in [-0.05, 0) is 55.0 Å². The molecule has 0 aliphatic carbocycles. The highest BCUT2D eigenvalue weighted by molar-refractivity contribution is 6.31. The summed E-state index contributed by atoms with van der Waals surface area (Å²) in [6, 6.07) is 24.6. The van der Waals surface area contributed by atoms with E-state index in [0.717, 1.165) is 22.6 Å². The first kappa shape index (κ1) is 22.2. The molecule has 4 rings (SSSR count). The van der Waals surface area contributed by atoms with Crippen molar-refractivity contribution < 1.29 is 14.6 Å². The number of nitrogens with zero attached hydrogens (tertiary/aromatic N) is 2. The minimum atomic E-state index is -0.376. The maximum atomic E-state index is 12.5. The predicted octanol–water partition coefficient (Wildman–Crippen LogP) is 5.58. The highest BCUT2D eigenvalue weighted by atomic mass is 35.5. The van der Waals surface area contributed by atoms with E-state index < -0.39 is 0 Å². The molecule has 1 amide bonds. The molecule has 0 fully saturated rings. The van der Waals surface area contributed by atoms with Gasteiger partial charge < -0.3 is 14.4 Å². The Kier molecular flexibility index (Phi) is 6.47. The number of phenols is 1. The summed E-state index contributed by atoms with van der Waals surface area (Å²) in [5, 5.41) is 14.5. The average molecular weight is 460 g/mol. The number of halogens is 1. The summed E-state index contributed by atoms with van der Waals surface area (Å²) in [5.74, 6) is -0.264. The molecular weight excluding hydrogens is 438 g/mol. The van der Waals surface area contributed by atoms with Crippen LogP contribution < -0.4 is 10.2 Å². The van der Waals surface area contributed by atoms with Gasteiger partial charge in [-0.25, -0.2) is 5.43 Å². The zero-order chi connectivity index (χ0) is 23.4. The molecule has 0 aliphatic heterocycles. The molecule has 166 valence electrons. The minimum absolute atomic E-state index is 0.111. The quantitative estimate of drug-likeness (QED) is 0.292. The van der Waals surface area contributed by atoms with Crippen molar-refractivity contribution in [3.05, 3.63) is 101 Å². The molecule has 6 nitrogen and oxygen atoms in total. The van der Waals surface area contributed by atoms with Crippen molar-refractivity contribution >= 4 is 23.7 Å². The van der Waals surface area contributed by atoms with Crippen LogP contribution in [-0.2, 0) is 0 Å². The largest absolute Gasteiger partial charge is 0.504 e. The molecule has 0 spiro atoms. The van der Waals surface area contributed by atoms with Gasteiger partial charge in [0.05, 0.1) is 19.0 Å². The minimum Gasteiger partial charge on any atom is -0.504 e. The number of rotatable bonds is 6. The molecule has 0 unspecified atom stereocenters. The van der Waals surface area contributed by atoms with Crippen LogP contribution in [0.3, 0.4) is 0 Å². The maximum Gasteiger partial charge on any atom is 0.271 e. The number of amides is 1. The molecule has 2 N–H and O–H groups in total. The topological polar surface area (TPSA) is 75.8 Å². The Bertz CT molecular complexity index is 1310. The van der Waals surface area contributed by atoms with Gasteiger partial charge in [-0.2, -0.15) is 5.10 Å². The zero-order valence-electron chi connectivity index (χ0n) is 18.1. The number of aromatic hydroxyl groups is 1. The van der Waals surface area contributed by atoms with E-state index in [2.05, 4.69) is 39.4 Å². The normalized spacial score (nSPS) is 11.0. The molecule has 0 radical (unpaired) electrons. The van der Waals surface area contributed by atoms with Crippen molar-refractivity contribution in [2.75, 3.05) is 7.11 Å². The average Bonchev–Trinajstić information content (AvgIpc) is 3.22. The number of benzene rings is 3. The van der Waals surface area contributed by atoms with E-state index in [9.17, 15) is 9.90 Å². The lowest BCUT2D eigenvalue weighted by atomic mass is 10.1. The van der Waals surface area contributed by atoms with Crippen LogP contribution >= 0.6 is 11.6 Å². The van der Waals surface area contributed by atoms with Crippen LogP contribution in [0, 0.1) is 6.92 Å². The molecule has 7 heteroatoms. The third-order valence-corrected chi connectivity index (χ3v) is 5.41. The maximum absolute atomic E-state index is 12.5. The van der Waals surface area contributed by atoms with Crippen LogP contribution in [0.15, 0.2) is 84.0 Å². The van der Waals surface area contributed by atoms with Crippen molar-refractivity contribution in [3.63, 3.8) is 0 Å². The van der Waals surface area contributed by atoms with Crippen molar-refractivity contribution in [2.24, 2.45) is 5.10 Å². The molecule has 1 heterocycles. The number of aryl methyl sites for hydroxylation is 1. The first-order valence-electron chi connectivity index (χ1n) is 10.2. The molecule has 33 heavy (non-hydrogen) atoms. The van der Waals surface area contributed by atoms with Gasteiger partial charge >= 0.3 is 0 Å². The number of aromatic nitrogens is 1. The highest BCUT2D eigenvalue weighted by Gasteiger charge is 2.11. The van der Waals surface area contributed by atoms with Gasteiger partial charge in [0.25, 0.3) is 5.91 Å². The highest BCUT2D eigenvalue weighted by Crippen LogP contribution is 2.32. The van der Waals surface area contributed by atoms with Gasteiger partial charge in [-0.15, -0.1) is 0 Å². The second kappa shape index (κ2) is 9.63. The van der Waals surface area contributed by atoms with Crippen LogP contribution in [0.1, 0.15) is 21.6 Å². The predicted molar refractivity (Wildman–Crippen MR) is 131 cm³/mol. The Morgan fingerprint density at radius 2 is 1.79 bits per heavy atom. The van der Waals surface area contributed by atoms with Crippen LogP contribution in [0.4, 0.5) is 0 Å². The second-order valence-electron chi connectivity index (χ2n) is 7.35. The SMILES string of the molecule is COc1cc(Cl)cc(/C=N/NC(=O)c2ccc(-n3c(C)ccc3-c3ccccc3)cc2)c1O. The number of phenolic OH excluding ortho intramolecular Hbond substituents is 1. The monoisotopic (exact) mass is 459 g/mol. The number of carbonyl (C=O) groups excluding carboxylic acids is 1. The number of hydrogen-bond donors (Lipinski definition) is 2. The van der Waals surface area contributed by atoms with E-state index in [0.29, 0.717) is 16.1 Å². The Morgan fingerprint density at radius 3 is 2.48 bits per heavy atom. The third kappa shape index (κ3) is 4.76. The van der Waals surface area contributed by atoms with E-state index in [1.807, 2.05) is 37.3 Å². The summed E-state index contributed by atoms with van der Waals surface area (Å²) in [6.07, 6.45) is 1.31. The van der Waals surface area contributed by atoms with Crippen LogP contribution in [0.25, 0.3) is 16.9 Å². The summed E-state index contributed by atoms with van der Waals surface area (Å²) in [5.41, 5.74) is 7.47. The Hall–Kier alpha value is -4.03. The van der Waals surface area contributed by atoms with Crippen molar-refractivity contribution in [1.82, 2.24) is 9.99 Å². The van der Waals surface area contributed by atoms with Gasteiger partial charge in [0.1, 0.15) is 0 Å². The lowest BCUT2D eigenvalue weighted by molar-refractivity contribution is 0.0955. The summed E-state index contributed by atoms with van der Waals surface area (Å²) in [7, 11) is 1.43. The Morgan fingerprint density at radius 1 is 1.06 bits per heavy atom. The van der Waals surface area contributed by atoms with Gasteiger partial charge in [-0.3, -0.25) is 4.79 Å². The molecule has 0 saturated heterocycles. The van der Waals surface area contributed by atoms with Crippen LogP contribution in [0.5, 0.6) is 11.5 Å². The fraction of sp³-hybridized carbons (Fsp3) is 0.0769. The fourth-order valence-corrected chi connectivity index (χ4v) is 3.77. The van der Waals surface area contributed by atoms with Gasteiger partial charge in [-0.1, -0.05) is 41.9 Å². The van der Waals surface area contributed by atoms with E-state index in [4.69, 9.17) is 16.3 Å². The fourth-order valence-electron chi connectivity index (χ4n) is 3.55. The molecular formula is C26H22ClN3O3. The second-order valence-corrected chi connectivity index (χ2v) is 7.79. The third-order valence-electron chi connectivity index (χ3n) is 5.19. The molecule has 0 aliphatic rings. The van der Waals surface area contributed by atoms with Crippen LogP contribution in [-0.4, -0.2) is 28.9 Å². The number of hydrazone groups is 1. The molecule has 1 aromatic heterocycles. The van der Waals surface area contributed by atoms with E-state index in [-0.39, 0.29) is 17.4 Å². The molecule has 0 atom stereocenters. The van der Waals surface area contributed by atoms with Crippen molar-refractivity contribution in [3.8, 4) is 28.4 Å². The summed E-state index contributed by atoms with van der Waals surface area (Å²) < 4.78 is 7.21. The summed E-state index contributed by atoms with van der Waals surface area (Å²) >= 11 is 6.01. The van der Waals surface area contributed by atoms with Gasteiger partial charge in [0, 0.05) is 33.6 Å². The van der Waals surface area contributed by atoms with Gasteiger partial charge in [0.2, 0.25) is 0 Å². The lowest BCUT2D eigenvalue weighted by Gasteiger charge is -2.12. The van der Waals surface area contributed by atoms with E-state index >= 15 is 0 Å². The zero-order valence-corrected chi connectivity index (χ0v) is 18.9. The van der Waals surface area contributed by atoms with Crippen molar-refractivity contribution in [1.29, 1.82) is 0 Å². The molecule has 4 aromatic rings. The number of hydrogen-bond acceptors (Lipinski definition) is 4. The standard InChI is InChI=1S/C26H22ClN3O3/c1-17-8-13-23(18-6-4-3-5-7-18)30(17)22-11-9-19(10-12-22)26(32)29-28-16-20-14-21(27)15-24(33-2)25(20)31/h3-16,31H,1-2H3,(H,29,32)/b28-16+. The number of nitrogens with one attached hydrogen (secondary N) is 1. The first-order valence-corrected chi connectivity index (χ1v) is 10.6. The van der Waals surface area contributed by atoms with Crippen molar-refractivity contribution in [2.45, 2.75) is 6.92 Å². The Balaban J connectivity index is 1.51. The van der Waals surface area contributed by atoms with E-state index in [1.165, 1.54) is 25.5 Å². The summed E-state index contributed by atoms with van der Waals surface area (Å²) in [6.45, 7) is 2.04. The Labute approximate surface area is 196 Å². The van der Waals surface area contributed by atoms with E-state index in [1.54, 1.807) is 12.1 Å². The van der Waals surface area contributed by atoms with Crippen LogP contribution in [0.2, 0.25) is 5.02 Å². The van der Waals surface area contributed by atoms with Gasteiger partial charge in [0.15, 0.2) is 11.5 Å².